The number of benzene rings is 2. The molecule has 2 aromatic carbocycles. The van der Waals surface area contributed by atoms with E-state index in [0.717, 1.165) is 29.0 Å². The summed E-state index contributed by atoms with van der Waals surface area (Å²) >= 11 is 1.10. The van der Waals surface area contributed by atoms with E-state index in [1.165, 1.54) is 17.4 Å². The van der Waals surface area contributed by atoms with Crippen molar-refractivity contribution in [3.8, 4) is 0 Å². The van der Waals surface area contributed by atoms with Gasteiger partial charge in [-0.3, -0.25) is 9.10 Å². The van der Waals surface area contributed by atoms with Crippen molar-refractivity contribution in [3.05, 3.63) is 70.4 Å². The van der Waals surface area contributed by atoms with Crippen LogP contribution < -0.4 is 14.5 Å². The molecule has 0 aliphatic heterocycles. The highest BCUT2D eigenvalue weighted by Gasteiger charge is 2.28. The first kappa shape index (κ1) is 21.9. The average Bonchev–Trinajstić information content (AvgIpc) is 3.25. The number of hydrogen-bond acceptors (Lipinski definition) is 5. The van der Waals surface area contributed by atoms with Gasteiger partial charge in [-0.15, -0.1) is 11.3 Å². The van der Waals surface area contributed by atoms with Gasteiger partial charge in [-0.05, 0) is 59.8 Å². The molecular formula is C22H25N3O3S2. The van der Waals surface area contributed by atoms with E-state index in [2.05, 4.69) is 5.32 Å². The van der Waals surface area contributed by atoms with Crippen molar-refractivity contribution >= 4 is 44.3 Å². The molecule has 30 heavy (non-hydrogen) atoms. The largest absolute Gasteiger partial charge is 0.378 e. The molecule has 0 radical (unpaired) electrons. The molecule has 0 aliphatic carbocycles. The van der Waals surface area contributed by atoms with E-state index in [1.807, 2.05) is 50.2 Å². The first-order chi connectivity index (χ1) is 14.2. The van der Waals surface area contributed by atoms with Crippen LogP contribution in [-0.2, 0) is 16.4 Å². The van der Waals surface area contributed by atoms with Crippen molar-refractivity contribution in [3.63, 3.8) is 0 Å². The standard InChI is InChI=1S/C22H25N3O3S2/c1-5-16-6-10-19(11-7-16)25(4)30(27,28)20-14-15-29-21(20)22(26)23-17-8-12-18(13-9-17)24(2)3/h6-15H,5H2,1-4H3,(H,23,26). The third-order valence-electron chi connectivity index (χ3n) is 4.82. The Morgan fingerprint density at radius 1 is 0.933 bits per heavy atom. The zero-order chi connectivity index (χ0) is 21.9. The van der Waals surface area contributed by atoms with Crippen LogP contribution in [-0.4, -0.2) is 35.5 Å². The van der Waals surface area contributed by atoms with Crippen LogP contribution in [0.1, 0.15) is 22.2 Å². The summed E-state index contributed by atoms with van der Waals surface area (Å²) in [6, 6.07) is 16.2. The molecule has 158 valence electrons. The maximum atomic E-state index is 13.2. The Hall–Kier alpha value is -2.84. The molecule has 8 heteroatoms. The first-order valence-electron chi connectivity index (χ1n) is 9.48. The van der Waals surface area contributed by atoms with Gasteiger partial charge in [0, 0.05) is 32.5 Å². The van der Waals surface area contributed by atoms with Gasteiger partial charge in [0.15, 0.2) is 0 Å². The van der Waals surface area contributed by atoms with Crippen LogP contribution in [0.2, 0.25) is 0 Å². The molecule has 1 amide bonds. The molecule has 3 rings (SSSR count). The van der Waals surface area contributed by atoms with Crippen molar-refractivity contribution in [1.82, 2.24) is 0 Å². The van der Waals surface area contributed by atoms with E-state index in [1.54, 1.807) is 29.6 Å². The molecular weight excluding hydrogens is 418 g/mol. The molecule has 6 nitrogen and oxygen atoms in total. The van der Waals surface area contributed by atoms with Gasteiger partial charge in [-0.2, -0.15) is 0 Å². The van der Waals surface area contributed by atoms with Crippen LogP contribution in [0.25, 0.3) is 0 Å². The number of aryl methyl sites for hydroxylation is 1. The van der Waals surface area contributed by atoms with E-state index in [9.17, 15) is 13.2 Å². The summed E-state index contributed by atoms with van der Waals surface area (Å²) in [4.78, 5) is 14.9. The molecule has 1 heterocycles. The number of amides is 1. The quantitative estimate of drug-likeness (QED) is 0.586. The Labute approximate surface area is 181 Å². The molecule has 0 aliphatic rings. The van der Waals surface area contributed by atoms with E-state index in [-0.39, 0.29) is 9.77 Å². The van der Waals surface area contributed by atoms with Crippen LogP contribution in [0.3, 0.4) is 0 Å². The second kappa shape index (κ2) is 8.89. The lowest BCUT2D eigenvalue weighted by atomic mass is 10.1. The molecule has 0 saturated carbocycles. The Bertz CT molecular complexity index is 1120. The van der Waals surface area contributed by atoms with Gasteiger partial charge < -0.3 is 10.2 Å². The minimum absolute atomic E-state index is 0.00280. The predicted octanol–water partition coefficient (Wildman–Crippen LogP) is 4.45. The van der Waals surface area contributed by atoms with Gasteiger partial charge in [0.05, 0.1) is 5.69 Å². The summed E-state index contributed by atoms with van der Waals surface area (Å²) < 4.78 is 27.6. The number of hydrogen-bond donors (Lipinski definition) is 1. The number of anilines is 3. The van der Waals surface area contributed by atoms with Crippen LogP contribution in [0.15, 0.2) is 64.9 Å². The van der Waals surface area contributed by atoms with Gasteiger partial charge in [0.1, 0.15) is 9.77 Å². The van der Waals surface area contributed by atoms with Gasteiger partial charge >= 0.3 is 0 Å². The van der Waals surface area contributed by atoms with E-state index >= 15 is 0 Å². The Morgan fingerprint density at radius 3 is 2.10 bits per heavy atom. The zero-order valence-electron chi connectivity index (χ0n) is 17.4. The van der Waals surface area contributed by atoms with Crippen molar-refractivity contribution in [1.29, 1.82) is 0 Å². The number of carbonyl (C=O) groups excluding carboxylic acids is 1. The zero-order valence-corrected chi connectivity index (χ0v) is 19.0. The molecule has 0 fully saturated rings. The van der Waals surface area contributed by atoms with Crippen molar-refractivity contribution in [2.75, 3.05) is 35.7 Å². The predicted molar refractivity (Wildman–Crippen MR) is 124 cm³/mol. The number of nitrogens with one attached hydrogen (secondary N) is 1. The van der Waals surface area contributed by atoms with Gasteiger partial charge in [0.2, 0.25) is 0 Å². The fourth-order valence-corrected chi connectivity index (χ4v) is 5.41. The van der Waals surface area contributed by atoms with Gasteiger partial charge in [-0.25, -0.2) is 8.42 Å². The van der Waals surface area contributed by atoms with E-state index in [4.69, 9.17) is 0 Å². The molecule has 1 N–H and O–H groups in total. The third kappa shape index (κ3) is 4.49. The van der Waals surface area contributed by atoms with Crippen molar-refractivity contribution in [2.45, 2.75) is 18.2 Å². The smallest absolute Gasteiger partial charge is 0.267 e. The van der Waals surface area contributed by atoms with Crippen LogP contribution >= 0.6 is 11.3 Å². The molecule has 0 bridgehead atoms. The fraction of sp³-hybridized carbons (Fsp3) is 0.227. The molecule has 1 aromatic heterocycles. The lowest BCUT2D eigenvalue weighted by molar-refractivity contribution is 0.102. The minimum atomic E-state index is -3.88. The highest BCUT2D eigenvalue weighted by molar-refractivity contribution is 7.93. The van der Waals surface area contributed by atoms with Crippen molar-refractivity contribution in [2.24, 2.45) is 0 Å². The maximum Gasteiger partial charge on any atom is 0.267 e. The summed E-state index contributed by atoms with van der Waals surface area (Å²) in [5, 5.41) is 4.40. The monoisotopic (exact) mass is 443 g/mol. The third-order valence-corrected chi connectivity index (χ3v) is 7.69. The highest BCUT2D eigenvalue weighted by Crippen LogP contribution is 2.29. The summed E-state index contributed by atoms with van der Waals surface area (Å²) in [5.74, 6) is -0.448. The van der Waals surface area contributed by atoms with E-state index < -0.39 is 15.9 Å². The fourth-order valence-electron chi connectivity index (χ4n) is 2.92. The lowest BCUT2D eigenvalue weighted by Gasteiger charge is -2.20. The van der Waals surface area contributed by atoms with Crippen molar-refractivity contribution < 1.29 is 13.2 Å². The van der Waals surface area contributed by atoms with Crippen LogP contribution in [0.5, 0.6) is 0 Å². The summed E-state index contributed by atoms with van der Waals surface area (Å²) in [5.41, 5.74) is 3.28. The molecule has 0 unspecified atom stereocenters. The van der Waals surface area contributed by atoms with E-state index in [0.29, 0.717) is 11.4 Å². The summed E-state index contributed by atoms with van der Waals surface area (Å²) in [6.45, 7) is 2.04. The van der Waals surface area contributed by atoms with Gasteiger partial charge in [0.25, 0.3) is 15.9 Å². The average molecular weight is 444 g/mol. The summed E-state index contributed by atoms with van der Waals surface area (Å²) in [7, 11) is 1.48. The Balaban J connectivity index is 1.84. The Morgan fingerprint density at radius 2 is 1.53 bits per heavy atom. The second-order valence-corrected chi connectivity index (χ2v) is 9.86. The Kier molecular flexibility index (Phi) is 6.48. The minimum Gasteiger partial charge on any atom is -0.378 e. The number of nitrogens with zero attached hydrogens (tertiary/aromatic N) is 2. The van der Waals surface area contributed by atoms with Gasteiger partial charge in [-0.1, -0.05) is 19.1 Å². The highest BCUT2D eigenvalue weighted by atomic mass is 32.2. The molecule has 0 spiro atoms. The normalized spacial score (nSPS) is 11.2. The second-order valence-electron chi connectivity index (χ2n) is 7.00. The topological polar surface area (TPSA) is 69.7 Å². The SMILES string of the molecule is CCc1ccc(N(C)S(=O)(=O)c2ccsc2C(=O)Nc2ccc(N(C)C)cc2)cc1. The molecule has 0 saturated heterocycles. The lowest BCUT2D eigenvalue weighted by Crippen LogP contribution is -2.28. The number of thiophene rings is 1. The molecule has 3 aromatic rings. The number of carbonyl (C=O) groups is 1. The first-order valence-corrected chi connectivity index (χ1v) is 11.8. The number of sulfonamides is 1. The number of rotatable bonds is 7. The van der Waals surface area contributed by atoms with Crippen LogP contribution in [0, 0.1) is 0 Å². The van der Waals surface area contributed by atoms with Crippen LogP contribution in [0.4, 0.5) is 17.1 Å². The maximum absolute atomic E-state index is 13.2. The molecule has 0 atom stereocenters. The summed E-state index contributed by atoms with van der Waals surface area (Å²) in [6.07, 6.45) is 0.876.